The number of aliphatic hydroxyl groups excluding tert-OH is 2. The second-order valence-corrected chi connectivity index (χ2v) is 9.31. The average Bonchev–Trinajstić information content (AvgIpc) is 3.23. The van der Waals surface area contributed by atoms with Crippen LogP contribution in [0.25, 0.3) is 0 Å². The predicted molar refractivity (Wildman–Crippen MR) is 111 cm³/mol. The van der Waals surface area contributed by atoms with E-state index < -0.39 is 0 Å². The molecule has 4 unspecified atom stereocenters. The molecule has 0 bridgehead atoms. The number of ether oxygens (including phenoxy) is 1. The smallest absolute Gasteiger partial charge is 0.305 e. The van der Waals surface area contributed by atoms with Crippen LogP contribution in [0.5, 0.6) is 0 Å². The molecule has 0 aromatic heterocycles. The summed E-state index contributed by atoms with van der Waals surface area (Å²) in [6.07, 6.45) is 16.1. The van der Waals surface area contributed by atoms with Crippen LogP contribution in [-0.4, -0.2) is 35.5 Å². The van der Waals surface area contributed by atoms with Gasteiger partial charge in [-0.2, -0.15) is 0 Å². The monoisotopic (exact) mass is 390 g/mol. The molecule has 3 aliphatic carbocycles. The Morgan fingerprint density at radius 2 is 2.07 bits per heavy atom. The summed E-state index contributed by atoms with van der Waals surface area (Å²) in [7, 11) is 1.44. The summed E-state index contributed by atoms with van der Waals surface area (Å²) in [5, 5.41) is 21.1. The molecule has 158 valence electrons. The van der Waals surface area contributed by atoms with E-state index in [1.807, 2.05) is 6.08 Å². The van der Waals surface area contributed by atoms with Crippen molar-refractivity contribution in [3.63, 3.8) is 0 Å². The second kappa shape index (κ2) is 10.1. The Morgan fingerprint density at radius 3 is 2.79 bits per heavy atom. The lowest BCUT2D eigenvalue weighted by Gasteiger charge is -2.25. The summed E-state index contributed by atoms with van der Waals surface area (Å²) in [5.41, 5.74) is 1.48. The van der Waals surface area contributed by atoms with Gasteiger partial charge >= 0.3 is 5.97 Å². The maximum Gasteiger partial charge on any atom is 0.305 e. The number of allylic oxidation sites excluding steroid dienone is 2. The van der Waals surface area contributed by atoms with Crippen LogP contribution in [0.15, 0.2) is 23.8 Å². The minimum Gasteiger partial charge on any atom is -0.469 e. The zero-order chi connectivity index (χ0) is 20.1. The van der Waals surface area contributed by atoms with Crippen LogP contribution in [0.3, 0.4) is 0 Å². The number of methoxy groups -OCH3 is 1. The number of aliphatic hydroxyl groups is 2. The molecule has 3 rings (SSSR count). The molecule has 2 N–H and O–H groups in total. The number of carbonyl (C=O) groups is 1. The van der Waals surface area contributed by atoms with Crippen molar-refractivity contribution >= 4 is 5.97 Å². The number of fused-ring (bicyclic) bond motifs is 1. The van der Waals surface area contributed by atoms with Crippen LogP contribution >= 0.6 is 0 Å². The topological polar surface area (TPSA) is 66.8 Å². The van der Waals surface area contributed by atoms with E-state index in [2.05, 4.69) is 19.1 Å². The molecule has 0 aliphatic heterocycles. The van der Waals surface area contributed by atoms with Crippen LogP contribution in [0.2, 0.25) is 0 Å². The normalized spacial score (nSPS) is 32.9. The van der Waals surface area contributed by atoms with Gasteiger partial charge in [0.25, 0.3) is 0 Å². The first-order chi connectivity index (χ1) is 13.5. The van der Waals surface area contributed by atoms with Crippen LogP contribution in [0.1, 0.15) is 71.1 Å². The zero-order valence-corrected chi connectivity index (χ0v) is 17.6. The molecule has 3 aliphatic rings. The van der Waals surface area contributed by atoms with E-state index in [1.54, 1.807) is 0 Å². The predicted octanol–water partition coefficient (Wildman–Crippen LogP) is 4.41. The molecule has 4 nitrogen and oxygen atoms in total. The number of esters is 1. The Hall–Kier alpha value is -1.13. The highest BCUT2D eigenvalue weighted by Gasteiger charge is 2.43. The van der Waals surface area contributed by atoms with E-state index in [0.29, 0.717) is 30.1 Å². The first kappa shape index (κ1) is 21.6. The Bertz CT molecular complexity index is 575. The minimum absolute atomic E-state index is 0.128. The van der Waals surface area contributed by atoms with Crippen molar-refractivity contribution in [2.24, 2.45) is 29.6 Å². The lowest BCUT2D eigenvalue weighted by molar-refractivity contribution is -0.140. The summed E-state index contributed by atoms with van der Waals surface area (Å²) in [6, 6.07) is 0. The molecule has 28 heavy (non-hydrogen) atoms. The summed E-state index contributed by atoms with van der Waals surface area (Å²) >= 11 is 0. The van der Waals surface area contributed by atoms with Crippen molar-refractivity contribution in [1.82, 2.24) is 0 Å². The lowest BCUT2D eigenvalue weighted by atomic mass is 9.84. The number of hydrogen-bond donors (Lipinski definition) is 2. The van der Waals surface area contributed by atoms with Crippen molar-refractivity contribution in [2.75, 3.05) is 7.11 Å². The van der Waals surface area contributed by atoms with E-state index in [4.69, 9.17) is 4.74 Å². The third kappa shape index (κ3) is 5.27. The van der Waals surface area contributed by atoms with Crippen LogP contribution in [0.4, 0.5) is 0 Å². The van der Waals surface area contributed by atoms with Crippen molar-refractivity contribution in [2.45, 2.75) is 83.3 Å². The van der Waals surface area contributed by atoms with E-state index in [-0.39, 0.29) is 24.1 Å². The summed E-state index contributed by atoms with van der Waals surface area (Å²) in [5.74, 6) is 1.78. The molecule has 4 heteroatoms. The van der Waals surface area contributed by atoms with E-state index in [9.17, 15) is 15.0 Å². The maximum atomic E-state index is 11.3. The van der Waals surface area contributed by atoms with Crippen LogP contribution in [0, 0.1) is 29.6 Å². The molecule has 0 saturated heterocycles. The van der Waals surface area contributed by atoms with E-state index in [1.165, 1.54) is 31.9 Å². The first-order valence-electron chi connectivity index (χ1n) is 11.3. The lowest BCUT2D eigenvalue weighted by Crippen LogP contribution is -2.22. The molecule has 0 radical (unpaired) electrons. The largest absolute Gasteiger partial charge is 0.469 e. The minimum atomic E-state index is -0.367. The fraction of sp³-hybridized carbons (Fsp3) is 0.792. The van der Waals surface area contributed by atoms with Gasteiger partial charge in [-0.15, -0.1) is 0 Å². The molecule has 6 atom stereocenters. The molecule has 0 heterocycles. The van der Waals surface area contributed by atoms with E-state index in [0.717, 1.165) is 38.5 Å². The highest BCUT2D eigenvalue weighted by atomic mass is 16.5. The van der Waals surface area contributed by atoms with Gasteiger partial charge in [-0.1, -0.05) is 50.0 Å². The SMILES string of the molecule is COC(=O)CCCC(C)C1=CC2C(C1)C[C@@H](O)[C@@H]2/C=C/C(O)C1CCCCC1. The molecule has 2 saturated carbocycles. The average molecular weight is 391 g/mol. The molecule has 0 amide bonds. The third-order valence-corrected chi connectivity index (χ3v) is 7.42. The Labute approximate surface area is 170 Å². The van der Waals surface area contributed by atoms with Gasteiger partial charge in [-0.05, 0) is 62.2 Å². The number of hydrogen-bond acceptors (Lipinski definition) is 4. The Kier molecular flexibility index (Phi) is 7.76. The number of rotatable bonds is 8. The summed E-state index contributed by atoms with van der Waals surface area (Å²) in [4.78, 5) is 11.3. The molecule has 2 fully saturated rings. The molecule has 0 aromatic carbocycles. The van der Waals surface area contributed by atoms with Gasteiger partial charge in [-0.25, -0.2) is 0 Å². The van der Waals surface area contributed by atoms with Gasteiger partial charge in [0, 0.05) is 12.3 Å². The van der Waals surface area contributed by atoms with Crippen LogP contribution < -0.4 is 0 Å². The number of carbonyl (C=O) groups excluding carboxylic acids is 1. The first-order valence-corrected chi connectivity index (χ1v) is 11.3. The van der Waals surface area contributed by atoms with Gasteiger partial charge in [0.05, 0.1) is 19.3 Å². The molecule has 0 spiro atoms. The highest BCUT2D eigenvalue weighted by Crippen LogP contribution is 2.49. The highest BCUT2D eigenvalue weighted by molar-refractivity contribution is 5.68. The summed E-state index contributed by atoms with van der Waals surface area (Å²) < 4.78 is 4.72. The van der Waals surface area contributed by atoms with Gasteiger partial charge in [0.1, 0.15) is 0 Å². The molecule has 0 aromatic rings. The molecular formula is C24H38O4. The Morgan fingerprint density at radius 1 is 1.32 bits per heavy atom. The van der Waals surface area contributed by atoms with Gasteiger partial charge in [0.15, 0.2) is 0 Å². The van der Waals surface area contributed by atoms with Gasteiger partial charge < -0.3 is 14.9 Å². The standard InChI is InChI=1S/C24H38O4/c1-16(7-6-10-24(27)28-2)18-13-19-15-23(26)20(21(19)14-18)11-12-22(25)17-8-4-3-5-9-17/h11-12,14,16-17,19-23,25-26H,3-10,13,15H2,1-2H3/b12-11+/t16?,19?,20-,21?,22?,23-/m1/s1. The fourth-order valence-corrected chi connectivity index (χ4v) is 5.62. The summed E-state index contributed by atoms with van der Waals surface area (Å²) in [6.45, 7) is 2.25. The van der Waals surface area contributed by atoms with E-state index >= 15 is 0 Å². The fourth-order valence-electron chi connectivity index (χ4n) is 5.62. The second-order valence-electron chi connectivity index (χ2n) is 9.31. The van der Waals surface area contributed by atoms with Crippen molar-refractivity contribution in [3.05, 3.63) is 23.8 Å². The van der Waals surface area contributed by atoms with Crippen LogP contribution in [-0.2, 0) is 9.53 Å². The Balaban J connectivity index is 1.55. The zero-order valence-electron chi connectivity index (χ0n) is 17.6. The maximum absolute atomic E-state index is 11.3. The molecular weight excluding hydrogens is 352 g/mol. The van der Waals surface area contributed by atoms with Crippen molar-refractivity contribution in [3.8, 4) is 0 Å². The van der Waals surface area contributed by atoms with Crippen molar-refractivity contribution < 1.29 is 19.7 Å². The third-order valence-electron chi connectivity index (χ3n) is 7.42. The van der Waals surface area contributed by atoms with Crippen molar-refractivity contribution in [1.29, 1.82) is 0 Å². The van der Waals surface area contributed by atoms with Gasteiger partial charge in [0.2, 0.25) is 0 Å². The van der Waals surface area contributed by atoms with Gasteiger partial charge in [-0.3, -0.25) is 4.79 Å². The quantitative estimate of drug-likeness (QED) is 0.476.